The molecular weight excluding hydrogens is 360 g/mol. The number of ether oxygens (including phenoxy) is 1. The molecule has 3 rings (SSSR count). The Balaban J connectivity index is 1.38. The molecule has 5 heteroatoms. The molecule has 0 saturated carbocycles. The van der Waals surface area contributed by atoms with Crippen LogP contribution in [-0.4, -0.2) is 37.6 Å². The summed E-state index contributed by atoms with van der Waals surface area (Å²) in [6.07, 6.45) is 4.60. The number of para-hydroxylation sites is 1. The highest BCUT2D eigenvalue weighted by atomic mass is 35.5. The van der Waals surface area contributed by atoms with E-state index in [0.29, 0.717) is 17.3 Å². The summed E-state index contributed by atoms with van der Waals surface area (Å²) in [5.41, 5.74) is 2.04. The Kier molecular flexibility index (Phi) is 7.13. The molecule has 1 aliphatic heterocycles. The Hall–Kier alpha value is -2.04. The molecule has 144 valence electrons. The number of carbonyl (C=O) groups is 1. The standard InChI is InChI=1S/C22H27ClN2O2/c1-27-19-10-8-17(9-11-19)6-7-18-12-14-25(15-13-18)16-22(26)24-21-5-3-2-4-20(21)23/h2-5,8-11,18H,6-7,12-16H2,1H3,(H,24,26). The average molecular weight is 387 g/mol. The Bertz CT molecular complexity index is 740. The molecule has 1 N–H and O–H groups in total. The Morgan fingerprint density at radius 3 is 2.52 bits per heavy atom. The largest absolute Gasteiger partial charge is 0.497 e. The van der Waals surface area contributed by atoms with Crippen LogP contribution < -0.4 is 10.1 Å². The first kappa shape index (κ1) is 19.7. The maximum Gasteiger partial charge on any atom is 0.238 e. The predicted octanol–water partition coefficient (Wildman–Crippen LogP) is 4.63. The number of nitrogens with one attached hydrogen (secondary N) is 1. The second-order valence-electron chi connectivity index (χ2n) is 7.13. The van der Waals surface area contributed by atoms with E-state index in [1.165, 1.54) is 12.0 Å². The first-order chi connectivity index (χ1) is 13.1. The van der Waals surface area contributed by atoms with Crippen molar-refractivity contribution in [1.29, 1.82) is 0 Å². The van der Waals surface area contributed by atoms with Gasteiger partial charge in [0.05, 0.1) is 24.4 Å². The Labute approximate surface area is 166 Å². The molecule has 0 spiro atoms. The fourth-order valence-corrected chi connectivity index (χ4v) is 3.73. The van der Waals surface area contributed by atoms with Gasteiger partial charge in [0, 0.05) is 0 Å². The molecule has 2 aromatic rings. The van der Waals surface area contributed by atoms with Crippen molar-refractivity contribution in [3.8, 4) is 5.75 Å². The number of aryl methyl sites for hydroxylation is 1. The summed E-state index contributed by atoms with van der Waals surface area (Å²) in [5.74, 6) is 1.64. The van der Waals surface area contributed by atoms with Crippen LogP contribution in [0.3, 0.4) is 0 Å². The van der Waals surface area contributed by atoms with E-state index in [9.17, 15) is 4.79 Å². The number of benzene rings is 2. The molecule has 2 aromatic carbocycles. The molecule has 1 amide bonds. The van der Waals surface area contributed by atoms with Gasteiger partial charge in [0.1, 0.15) is 5.75 Å². The fourth-order valence-electron chi connectivity index (χ4n) is 3.55. The number of carbonyl (C=O) groups excluding carboxylic acids is 1. The molecule has 0 bridgehead atoms. The van der Waals surface area contributed by atoms with Crippen molar-refractivity contribution in [3.63, 3.8) is 0 Å². The maximum atomic E-state index is 12.3. The van der Waals surface area contributed by atoms with Gasteiger partial charge in [-0.2, -0.15) is 0 Å². The number of halogens is 1. The van der Waals surface area contributed by atoms with Gasteiger partial charge in [-0.15, -0.1) is 0 Å². The van der Waals surface area contributed by atoms with Crippen LogP contribution >= 0.6 is 11.6 Å². The minimum atomic E-state index is -0.000201. The lowest BCUT2D eigenvalue weighted by atomic mass is 9.90. The van der Waals surface area contributed by atoms with E-state index in [4.69, 9.17) is 16.3 Å². The molecule has 27 heavy (non-hydrogen) atoms. The van der Waals surface area contributed by atoms with Gasteiger partial charge in [-0.1, -0.05) is 35.9 Å². The van der Waals surface area contributed by atoms with E-state index >= 15 is 0 Å². The predicted molar refractivity (Wildman–Crippen MR) is 111 cm³/mol. The number of likely N-dealkylation sites (tertiary alicyclic amines) is 1. The smallest absolute Gasteiger partial charge is 0.238 e. The topological polar surface area (TPSA) is 41.6 Å². The fraction of sp³-hybridized carbons (Fsp3) is 0.409. The zero-order chi connectivity index (χ0) is 19.1. The van der Waals surface area contributed by atoms with Crippen molar-refractivity contribution in [2.75, 3.05) is 32.1 Å². The van der Waals surface area contributed by atoms with Crippen LogP contribution in [0.1, 0.15) is 24.8 Å². The number of anilines is 1. The SMILES string of the molecule is COc1ccc(CCC2CCN(CC(=O)Nc3ccccc3Cl)CC2)cc1. The van der Waals surface area contributed by atoms with Crippen molar-refractivity contribution < 1.29 is 9.53 Å². The van der Waals surface area contributed by atoms with Gasteiger partial charge < -0.3 is 10.1 Å². The minimum Gasteiger partial charge on any atom is -0.497 e. The van der Waals surface area contributed by atoms with Gasteiger partial charge in [0.2, 0.25) is 5.91 Å². The first-order valence-corrected chi connectivity index (χ1v) is 9.91. The van der Waals surface area contributed by atoms with Crippen LogP contribution in [0.5, 0.6) is 5.75 Å². The quantitative estimate of drug-likeness (QED) is 0.754. The lowest BCUT2D eigenvalue weighted by molar-refractivity contribution is -0.117. The molecule has 0 atom stereocenters. The highest BCUT2D eigenvalue weighted by molar-refractivity contribution is 6.33. The number of nitrogens with zero attached hydrogens (tertiary/aromatic N) is 1. The highest BCUT2D eigenvalue weighted by Crippen LogP contribution is 2.24. The first-order valence-electron chi connectivity index (χ1n) is 9.53. The van der Waals surface area contributed by atoms with Crippen LogP contribution in [0.4, 0.5) is 5.69 Å². The van der Waals surface area contributed by atoms with E-state index in [0.717, 1.165) is 44.0 Å². The molecule has 4 nitrogen and oxygen atoms in total. The number of rotatable bonds is 7. The van der Waals surface area contributed by atoms with Gasteiger partial charge in [0.15, 0.2) is 0 Å². The Morgan fingerprint density at radius 1 is 1.15 bits per heavy atom. The van der Waals surface area contributed by atoms with E-state index in [2.05, 4.69) is 22.3 Å². The van der Waals surface area contributed by atoms with E-state index in [1.54, 1.807) is 13.2 Å². The third-order valence-electron chi connectivity index (χ3n) is 5.22. The van der Waals surface area contributed by atoms with Gasteiger partial charge in [-0.05, 0) is 74.5 Å². The molecule has 0 radical (unpaired) electrons. The summed E-state index contributed by atoms with van der Waals surface area (Å²) in [6.45, 7) is 2.38. The molecule has 1 fully saturated rings. The van der Waals surface area contributed by atoms with Crippen LogP contribution in [0.15, 0.2) is 48.5 Å². The molecular formula is C22H27ClN2O2. The van der Waals surface area contributed by atoms with Crippen LogP contribution in [0.2, 0.25) is 5.02 Å². The zero-order valence-electron chi connectivity index (χ0n) is 15.8. The van der Waals surface area contributed by atoms with Crippen molar-refractivity contribution in [2.45, 2.75) is 25.7 Å². The van der Waals surface area contributed by atoms with Gasteiger partial charge >= 0.3 is 0 Å². The summed E-state index contributed by atoms with van der Waals surface area (Å²) < 4.78 is 5.21. The average Bonchev–Trinajstić information content (AvgIpc) is 2.69. The van der Waals surface area contributed by atoms with E-state index < -0.39 is 0 Å². The van der Waals surface area contributed by atoms with Gasteiger partial charge in [-0.3, -0.25) is 9.69 Å². The number of hydrogen-bond acceptors (Lipinski definition) is 3. The third kappa shape index (κ3) is 5.98. The van der Waals surface area contributed by atoms with Gasteiger partial charge in [0.25, 0.3) is 0 Å². The summed E-state index contributed by atoms with van der Waals surface area (Å²) in [4.78, 5) is 14.5. The van der Waals surface area contributed by atoms with E-state index in [-0.39, 0.29) is 5.91 Å². The minimum absolute atomic E-state index is 0.000201. The monoisotopic (exact) mass is 386 g/mol. The number of piperidine rings is 1. The second kappa shape index (κ2) is 9.77. The van der Waals surface area contributed by atoms with Crippen LogP contribution in [0, 0.1) is 5.92 Å². The highest BCUT2D eigenvalue weighted by Gasteiger charge is 2.21. The summed E-state index contributed by atoms with van der Waals surface area (Å²) >= 11 is 6.10. The second-order valence-corrected chi connectivity index (χ2v) is 7.54. The van der Waals surface area contributed by atoms with Crippen LogP contribution in [-0.2, 0) is 11.2 Å². The number of methoxy groups -OCH3 is 1. The van der Waals surface area contributed by atoms with Gasteiger partial charge in [-0.25, -0.2) is 0 Å². The Morgan fingerprint density at radius 2 is 1.85 bits per heavy atom. The molecule has 1 aliphatic rings. The summed E-state index contributed by atoms with van der Waals surface area (Å²) in [6, 6.07) is 15.7. The zero-order valence-corrected chi connectivity index (χ0v) is 16.5. The van der Waals surface area contributed by atoms with Crippen LogP contribution in [0.25, 0.3) is 0 Å². The van der Waals surface area contributed by atoms with E-state index in [1.807, 2.05) is 30.3 Å². The van der Waals surface area contributed by atoms with Crippen molar-refractivity contribution in [1.82, 2.24) is 4.90 Å². The molecule has 0 aliphatic carbocycles. The molecule has 0 aromatic heterocycles. The molecule has 0 unspecified atom stereocenters. The molecule has 1 saturated heterocycles. The third-order valence-corrected chi connectivity index (χ3v) is 5.55. The summed E-state index contributed by atoms with van der Waals surface area (Å²) in [7, 11) is 1.69. The molecule has 1 heterocycles. The van der Waals surface area contributed by atoms with Crippen molar-refractivity contribution in [2.24, 2.45) is 5.92 Å². The van der Waals surface area contributed by atoms with Crippen molar-refractivity contribution >= 4 is 23.2 Å². The summed E-state index contributed by atoms with van der Waals surface area (Å²) in [5, 5.41) is 3.47. The van der Waals surface area contributed by atoms with Crippen molar-refractivity contribution in [3.05, 3.63) is 59.1 Å². The normalized spacial score (nSPS) is 15.5. The lowest BCUT2D eigenvalue weighted by Crippen LogP contribution is -2.39. The number of amides is 1. The maximum absolute atomic E-state index is 12.3. The lowest BCUT2D eigenvalue weighted by Gasteiger charge is -2.31. The number of hydrogen-bond donors (Lipinski definition) is 1.